The Labute approximate surface area is 79.9 Å². The van der Waals surface area contributed by atoms with Crippen molar-refractivity contribution in [3.63, 3.8) is 0 Å². The maximum Gasteiger partial charge on any atom is 0.522 e. The quantitative estimate of drug-likeness (QED) is 0.692. The summed E-state index contributed by atoms with van der Waals surface area (Å²) in [5.74, 6) is -5.04. The third kappa shape index (κ3) is 4.65. The van der Waals surface area contributed by atoms with Crippen molar-refractivity contribution in [1.29, 1.82) is 0 Å². The van der Waals surface area contributed by atoms with Gasteiger partial charge in [0.2, 0.25) is 0 Å². The summed E-state index contributed by atoms with van der Waals surface area (Å²) in [6.45, 7) is -2.27. The molecule has 0 bridgehead atoms. The molecule has 2 nitrogen and oxygen atoms in total. The van der Waals surface area contributed by atoms with E-state index in [-0.39, 0.29) is 0 Å². The second kappa shape index (κ2) is 4.52. The molecule has 0 aromatic heterocycles. The first-order valence-corrected chi connectivity index (χ1v) is 3.62. The van der Waals surface area contributed by atoms with Gasteiger partial charge in [0.1, 0.15) is 6.61 Å². The summed E-state index contributed by atoms with van der Waals surface area (Å²) in [7, 11) is 0. The summed E-state index contributed by atoms with van der Waals surface area (Å²) in [6.07, 6.45) is -10.4. The van der Waals surface area contributed by atoms with Crippen molar-refractivity contribution in [2.75, 3.05) is 13.2 Å². The van der Waals surface area contributed by atoms with Crippen LogP contribution in [0.15, 0.2) is 0 Å². The molecule has 0 aliphatic heterocycles. The molecule has 0 N–H and O–H groups in total. The molecule has 15 heavy (non-hydrogen) atoms. The van der Waals surface area contributed by atoms with Gasteiger partial charge in [0.15, 0.2) is 0 Å². The van der Waals surface area contributed by atoms with Gasteiger partial charge in [-0.2, -0.15) is 17.6 Å². The van der Waals surface area contributed by atoms with Crippen molar-refractivity contribution < 1.29 is 40.2 Å². The van der Waals surface area contributed by atoms with Gasteiger partial charge in [0, 0.05) is 0 Å². The monoisotopic (exact) mass is 244 g/mol. The fourth-order valence-corrected chi connectivity index (χ4v) is 0.543. The molecule has 0 saturated heterocycles. The minimum atomic E-state index is -5.40. The molecule has 0 radical (unpaired) electrons. The maximum absolute atomic E-state index is 12.4. The van der Waals surface area contributed by atoms with Gasteiger partial charge < -0.3 is 4.74 Å². The van der Waals surface area contributed by atoms with E-state index < -0.39 is 31.6 Å². The van der Waals surface area contributed by atoms with Crippen LogP contribution in [0.3, 0.4) is 0 Å². The van der Waals surface area contributed by atoms with Crippen LogP contribution in [0.1, 0.15) is 6.92 Å². The van der Waals surface area contributed by atoms with E-state index in [2.05, 4.69) is 9.47 Å². The first-order chi connectivity index (χ1) is 6.52. The van der Waals surface area contributed by atoms with Crippen LogP contribution in [-0.4, -0.2) is 31.6 Å². The number of ether oxygens (including phenoxy) is 2. The molecule has 0 heterocycles. The molecule has 0 saturated carbocycles. The molecule has 0 spiro atoms. The lowest BCUT2D eigenvalue weighted by Gasteiger charge is -2.25. The Kier molecular flexibility index (Phi) is 4.35. The predicted molar refractivity (Wildman–Crippen MR) is 33.5 cm³/mol. The van der Waals surface area contributed by atoms with Gasteiger partial charge in [-0.1, -0.05) is 0 Å². The van der Waals surface area contributed by atoms with E-state index in [9.17, 15) is 30.7 Å². The maximum atomic E-state index is 12.4. The smallest absolute Gasteiger partial charge is 0.316 e. The first-order valence-electron chi connectivity index (χ1n) is 3.62. The van der Waals surface area contributed by atoms with Crippen LogP contribution >= 0.6 is 0 Å². The number of halogens is 7. The Balaban J connectivity index is 4.40. The molecule has 92 valence electrons. The van der Waals surface area contributed by atoms with Crippen molar-refractivity contribution >= 4 is 0 Å². The highest BCUT2D eigenvalue weighted by Crippen LogP contribution is 2.36. The molecule has 0 unspecified atom stereocenters. The minimum Gasteiger partial charge on any atom is -0.316 e. The van der Waals surface area contributed by atoms with Crippen LogP contribution in [0.2, 0.25) is 0 Å². The number of hydrogen-bond acceptors (Lipinski definition) is 2. The van der Waals surface area contributed by atoms with E-state index >= 15 is 0 Å². The zero-order valence-electron chi connectivity index (χ0n) is 7.38. The van der Waals surface area contributed by atoms with Gasteiger partial charge in [0.05, 0.1) is 6.61 Å². The third-order valence-electron chi connectivity index (χ3n) is 1.17. The van der Waals surface area contributed by atoms with Gasteiger partial charge in [-0.05, 0) is 6.92 Å². The lowest BCUT2D eigenvalue weighted by Crippen LogP contribution is -2.47. The molecule has 0 aliphatic carbocycles. The van der Waals surface area contributed by atoms with Crippen molar-refractivity contribution in [2.24, 2.45) is 0 Å². The zero-order valence-corrected chi connectivity index (χ0v) is 7.38. The van der Waals surface area contributed by atoms with Crippen LogP contribution in [-0.2, 0) is 9.47 Å². The standard InChI is InChI=1S/C6H7F7O2/c1-2-14-5(9,10)4(7,8)3-15-6(11,12)13/h2-3H2,1H3. The van der Waals surface area contributed by atoms with Crippen molar-refractivity contribution in [3.8, 4) is 0 Å². The van der Waals surface area contributed by atoms with Crippen LogP contribution in [0.25, 0.3) is 0 Å². The predicted octanol–water partition coefficient (Wildman–Crippen LogP) is 2.79. The topological polar surface area (TPSA) is 18.5 Å². The second-order valence-corrected chi connectivity index (χ2v) is 2.39. The Hall–Kier alpha value is -0.570. The molecule has 9 heteroatoms. The summed E-state index contributed by atoms with van der Waals surface area (Å²) in [4.78, 5) is 0. The van der Waals surface area contributed by atoms with E-state index in [1.54, 1.807) is 0 Å². The molecule has 0 atom stereocenters. The van der Waals surface area contributed by atoms with Gasteiger partial charge in [-0.25, -0.2) is 0 Å². The van der Waals surface area contributed by atoms with E-state index in [0.717, 1.165) is 6.92 Å². The van der Waals surface area contributed by atoms with E-state index in [1.807, 2.05) is 0 Å². The SMILES string of the molecule is CCOC(F)(F)C(F)(F)COC(F)(F)F. The van der Waals surface area contributed by atoms with Gasteiger partial charge in [-0.3, -0.25) is 4.74 Å². The molecule has 0 amide bonds. The fourth-order valence-electron chi connectivity index (χ4n) is 0.543. The van der Waals surface area contributed by atoms with Gasteiger partial charge in [-0.15, -0.1) is 13.2 Å². The number of alkyl halides is 7. The summed E-state index contributed by atoms with van der Waals surface area (Å²) in [6, 6.07) is 0. The normalized spacial score (nSPS) is 14.4. The molecule has 0 rings (SSSR count). The van der Waals surface area contributed by atoms with Crippen molar-refractivity contribution in [3.05, 3.63) is 0 Å². The summed E-state index contributed by atoms with van der Waals surface area (Å²) >= 11 is 0. The number of hydrogen-bond donors (Lipinski definition) is 0. The van der Waals surface area contributed by atoms with Crippen LogP contribution in [0.5, 0.6) is 0 Å². The molecule has 0 aliphatic rings. The molecule has 0 aromatic carbocycles. The third-order valence-corrected chi connectivity index (χ3v) is 1.17. The Morgan fingerprint density at radius 3 is 1.67 bits per heavy atom. The Morgan fingerprint density at radius 2 is 1.33 bits per heavy atom. The van der Waals surface area contributed by atoms with Crippen LogP contribution < -0.4 is 0 Å². The highest BCUT2D eigenvalue weighted by molar-refractivity contribution is 4.76. The van der Waals surface area contributed by atoms with Crippen LogP contribution in [0, 0.1) is 0 Å². The second-order valence-electron chi connectivity index (χ2n) is 2.39. The molecular weight excluding hydrogens is 237 g/mol. The molecule has 0 aromatic rings. The van der Waals surface area contributed by atoms with Gasteiger partial charge >= 0.3 is 18.4 Å². The highest BCUT2D eigenvalue weighted by Gasteiger charge is 2.59. The van der Waals surface area contributed by atoms with Gasteiger partial charge in [0.25, 0.3) is 0 Å². The molecule has 0 fully saturated rings. The highest BCUT2D eigenvalue weighted by atomic mass is 19.4. The summed E-state index contributed by atoms with van der Waals surface area (Å²) < 4.78 is 89.5. The van der Waals surface area contributed by atoms with Crippen molar-refractivity contribution in [2.45, 2.75) is 25.3 Å². The Morgan fingerprint density at radius 1 is 0.867 bits per heavy atom. The molecular formula is C6H7F7O2. The Bertz CT molecular complexity index is 200. The minimum absolute atomic E-state index is 0.769. The van der Waals surface area contributed by atoms with E-state index in [4.69, 9.17) is 0 Å². The average Bonchev–Trinajstić information content (AvgIpc) is 1.99. The van der Waals surface area contributed by atoms with E-state index in [0.29, 0.717) is 0 Å². The summed E-state index contributed by atoms with van der Waals surface area (Å²) in [5.41, 5.74) is 0. The van der Waals surface area contributed by atoms with E-state index in [1.165, 1.54) is 0 Å². The van der Waals surface area contributed by atoms with Crippen LogP contribution in [0.4, 0.5) is 30.7 Å². The number of rotatable bonds is 5. The zero-order chi connectivity index (χ0) is 12.3. The largest absolute Gasteiger partial charge is 0.522 e. The first kappa shape index (κ1) is 14.4. The lowest BCUT2D eigenvalue weighted by molar-refractivity contribution is -0.392. The van der Waals surface area contributed by atoms with Crippen molar-refractivity contribution in [1.82, 2.24) is 0 Å². The summed E-state index contributed by atoms with van der Waals surface area (Å²) in [5, 5.41) is 0. The fraction of sp³-hybridized carbons (Fsp3) is 1.00. The average molecular weight is 244 g/mol. The lowest BCUT2D eigenvalue weighted by atomic mass is 10.3.